The zero-order valence-electron chi connectivity index (χ0n) is 21.9. The monoisotopic (exact) mass is 515 g/mol. The van der Waals surface area contributed by atoms with Crippen LogP contribution in [-0.2, 0) is 37.1 Å². The van der Waals surface area contributed by atoms with Crippen LogP contribution in [-0.4, -0.2) is 42.5 Å². The third kappa shape index (κ3) is 6.11. The Labute approximate surface area is 223 Å². The van der Waals surface area contributed by atoms with Crippen molar-refractivity contribution in [3.8, 4) is 0 Å². The van der Waals surface area contributed by atoms with Gasteiger partial charge in [-0.05, 0) is 35.7 Å². The predicted molar refractivity (Wildman–Crippen MR) is 143 cm³/mol. The van der Waals surface area contributed by atoms with Crippen molar-refractivity contribution in [2.45, 2.75) is 38.1 Å². The summed E-state index contributed by atoms with van der Waals surface area (Å²) in [6.07, 6.45) is -0.366. The maximum absolute atomic E-state index is 13.5. The molecule has 4 rings (SSSR count). The number of ether oxygens (including phenoxy) is 2. The summed E-state index contributed by atoms with van der Waals surface area (Å²) in [5, 5.41) is 11.4. The van der Waals surface area contributed by atoms with Crippen molar-refractivity contribution in [1.29, 1.82) is 0 Å². The zero-order chi connectivity index (χ0) is 27.3. The van der Waals surface area contributed by atoms with E-state index in [9.17, 15) is 19.5 Å². The summed E-state index contributed by atoms with van der Waals surface area (Å²) >= 11 is 0. The molecule has 0 radical (unpaired) electrons. The Morgan fingerprint density at radius 2 is 1.34 bits per heavy atom. The molecule has 198 valence electrons. The average molecular weight is 516 g/mol. The van der Waals surface area contributed by atoms with Gasteiger partial charge in [-0.15, -0.1) is 0 Å². The largest absolute Gasteiger partial charge is 0.461 e. The maximum Gasteiger partial charge on any atom is 0.317 e. The number of ketones is 1. The van der Waals surface area contributed by atoms with E-state index in [0.717, 1.165) is 16.8 Å². The number of aliphatic hydroxyl groups is 1. The van der Waals surface area contributed by atoms with E-state index in [1.54, 1.807) is 12.1 Å². The van der Waals surface area contributed by atoms with E-state index in [-0.39, 0.29) is 19.6 Å². The second-order valence-electron chi connectivity index (χ2n) is 10.2. The third-order valence-corrected chi connectivity index (χ3v) is 7.02. The molecule has 4 atom stereocenters. The highest BCUT2D eigenvalue weighted by molar-refractivity contribution is 6.02. The number of carbonyl (C=O) groups is 3. The van der Waals surface area contributed by atoms with Gasteiger partial charge in [0.25, 0.3) is 0 Å². The highest BCUT2D eigenvalue weighted by Crippen LogP contribution is 2.47. The highest BCUT2D eigenvalue weighted by Gasteiger charge is 2.57. The minimum absolute atomic E-state index is 0.00471. The molecule has 7 nitrogen and oxygen atoms in total. The van der Waals surface area contributed by atoms with Crippen LogP contribution in [0.2, 0.25) is 0 Å². The summed E-state index contributed by atoms with van der Waals surface area (Å²) in [4.78, 5) is 42.2. The summed E-state index contributed by atoms with van der Waals surface area (Å²) in [5.41, 5.74) is 1.34. The fraction of sp³-hybridized carbons (Fsp3) is 0.323. The number of nitrogens with zero attached hydrogens (tertiary/aromatic N) is 1. The second kappa shape index (κ2) is 11.6. The summed E-state index contributed by atoms with van der Waals surface area (Å²) in [5.74, 6) is -5.26. The van der Waals surface area contributed by atoms with Crippen LogP contribution in [0.3, 0.4) is 0 Å². The molecular weight excluding hydrogens is 482 g/mol. The van der Waals surface area contributed by atoms with Crippen molar-refractivity contribution in [1.82, 2.24) is 0 Å². The van der Waals surface area contributed by atoms with E-state index in [2.05, 4.69) is 0 Å². The van der Waals surface area contributed by atoms with E-state index in [4.69, 9.17) is 9.47 Å². The van der Waals surface area contributed by atoms with Gasteiger partial charge in [-0.1, -0.05) is 72.8 Å². The van der Waals surface area contributed by atoms with E-state index in [1.165, 1.54) is 6.92 Å². The Balaban J connectivity index is 1.68. The third-order valence-electron chi connectivity index (χ3n) is 7.02. The molecule has 0 bridgehead atoms. The van der Waals surface area contributed by atoms with Gasteiger partial charge < -0.3 is 19.5 Å². The topological polar surface area (TPSA) is 93.1 Å². The molecule has 3 aromatic rings. The molecule has 0 aliphatic heterocycles. The molecule has 1 aliphatic carbocycles. The van der Waals surface area contributed by atoms with Gasteiger partial charge in [0.1, 0.15) is 19.1 Å². The first-order valence-corrected chi connectivity index (χ1v) is 12.6. The second-order valence-corrected chi connectivity index (χ2v) is 10.2. The van der Waals surface area contributed by atoms with Crippen LogP contribution in [0.5, 0.6) is 0 Å². The van der Waals surface area contributed by atoms with Crippen LogP contribution in [0, 0.1) is 11.8 Å². The van der Waals surface area contributed by atoms with Gasteiger partial charge in [-0.2, -0.15) is 0 Å². The molecule has 0 spiro atoms. The van der Waals surface area contributed by atoms with Crippen molar-refractivity contribution in [2.24, 2.45) is 11.8 Å². The summed E-state index contributed by atoms with van der Waals surface area (Å²) in [6, 6.07) is 25.6. The van der Waals surface area contributed by atoms with E-state index in [0.29, 0.717) is 5.56 Å². The number of rotatable bonds is 8. The molecule has 0 heterocycles. The number of hydrogen-bond acceptors (Lipinski definition) is 7. The van der Waals surface area contributed by atoms with Crippen molar-refractivity contribution in [3.63, 3.8) is 0 Å². The lowest BCUT2D eigenvalue weighted by Gasteiger charge is -2.43. The van der Waals surface area contributed by atoms with Gasteiger partial charge in [0.2, 0.25) is 0 Å². The van der Waals surface area contributed by atoms with E-state index in [1.807, 2.05) is 91.8 Å². The first-order valence-electron chi connectivity index (χ1n) is 12.6. The lowest BCUT2D eigenvalue weighted by atomic mass is 9.61. The molecule has 1 aliphatic rings. The first-order chi connectivity index (χ1) is 18.2. The number of esters is 2. The minimum Gasteiger partial charge on any atom is -0.461 e. The standard InChI is InChI=1S/C31H33NO6/c1-31(36)18-25(33)27(29(34)37-19-21-10-6-4-7-11-21)26(23-14-16-24(17-15-23)32(2)3)28(31)30(35)38-20-22-12-8-5-9-13-22/h4-17,26-28,36H,18-20H2,1-3H3. The Morgan fingerprint density at radius 1 is 0.842 bits per heavy atom. The van der Waals surface area contributed by atoms with Crippen molar-refractivity contribution < 1.29 is 29.0 Å². The van der Waals surface area contributed by atoms with Gasteiger partial charge in [0, 0.05) is 32.1 Å². The smallest absolute Gasteiger partial charge is 0.317 e. The van der Waals surface area contributed by atoms with Gasteiger partial charge >= 0.3 is 11.9 Å². The average Bonchev–Trinajstić information content (AvgIpc) is 2.90. The van der Waals surface area contributed by atoms with Crippen LogP contribution >= 0.6 is 0 Å². The molecule has 4 unspecified atom stereocenters. The van der Waals surface area contributed by atoms with Crippen LogP contribution in [0.1, 0.15) is 36.0 Å². The van der Waals surface area contributed by atoms with Crippen LogP contribution in [0.4, 0.5) is 5.69 Å². The molecule has 7 heteroatoms. The lowest BCUT2D eigenvalue weighted by Crippen LogP contribution is -2.55. The lowest BCUT2D eigenvalue weighted by molar-refractivity contribution is -0.174. The number of hydrogen-bond donors (Lipinski definition) is 1. The molecule has 3 aromatic carbocycles. The number of anilines is 1. The van der Waals surface area contributed by atoms with Crippen molar-refractivity contribution in [2.75, 3.05) is 19.0 Å². The molecule has 1 saturated carbocycles. The van der Waals surface area contributed by atoms with Gasteiger partial charge in [-0.25, -0.2) is 0 Å². The van der Waals surface area contributed by atoms with Crippen molar-refractivity contribution >= 4 is 23.4 Å². The minimum atomic E-state index is -1.72. The van der Waals surface area contributed by atoms with E-state index < -0.39 is 41.1 Å². The highest BCUT2D eigenvalue weighted by atomic mass is 16.5. The van der Waals surface area contributed by atoms with Crippen molar-refractivity contribution in [3.05, 3.63) is 102 Å². The molecule has 0 amide bonds. The Kier molecular flexibility index (Phi) is 8.27. The first kappa shape index (κ1) is 27.1. The van der Waals surface area contributed by atoms with Crippen LogP contribution in [0.25, 0.3) is 0 Å². The zero-order valence-corrected chi connectivity index (χ0v) is 21.9. The predicted octanol–water partition coefficient (Wildman–Crippen LogP) is 4.28. The Morgan fingerprint density at radius 3 is 1.84 bits per heavy atom. The number of carbonyl (C=O) groups excluding carboxylic acids is 3. The normalized spacial score (nSPS) is 22.9. The molecule has 38 heavy (non-hydrogen) atoms. The summed E-state index contributed by atoms with van der Waals surface area (Å²) < 4.78 is 11.2. The summed E-state index contributed by atoms with van der Waals surface area (Å²) in [6.45, 7) is 1.46. The number of Topliss-reactive ketones (excluding diaryl/α,β-unsaturated/α-hetero) is 1. The summed E-state index contributed by atoms with van der Waals surface area (Å²) in [7, 11) is 3.80. The van der Waals surface area contributed by atoms with Gasteiger partial charge in [0.15, 0.2) is 5.78 Å². The quantitative estimate of drug-likeness (QED) is 0.354. The fourth-order valence-electron chi connectivity index (χ4n) is 5.05. The molecular formula is C31H33NO6. The van der Waals surface area contributed by atoms with E-state index >= 15 is 0 Å². The molecule has 0 aromatic heterocycles. The molecule has 1 fully saturated rings. The van der Waals surface area contributed by atoms with Gasteiger partial charge in [-0.3, -0.25) is 14.4 Å². The number of benzene rings is 3. The fourth-order valence-corrected chi connectivity index (χ4v) is 5.05. The Hall–Kier alpha value is -3.97. The van der Waals surface area contributed by atoms with Crippen LogP contribution in [0.15, 0.2) is 84.9 Å². The maximum atomic E-state index is 13.5. The molecule has 0 saturated heterocycles. The molecule has 1 N–H and O–H groups in total. The van der Waals surface area contributed by atoms with Crippen LogP contribution < -0.4 is 4.90 Å². The SMILES string of the molecule is CN(C)c1ccc(C2C(C(=O)OCc3ccccc3)C(=O)CC(C)(O)C2C(=O)OCc2ccccc2)cc1. The van der Waals surface area contributed by atoms with Gasteiger partial charge in [0.05, 0.1) is 11.5 Å². The Bertz CT molecular complexity index is 1250.